The van der Waals surface area contributed by atoms with Gasteiger partial charge in [-0.05, 0) is 13.3 Å². The van der Waals surface area contributed by atoms with Gasteiger partial charge in [-0.1, -0.05) is 11.6 Å². The Morgan fingerprint density at radius 2 is 2.50 bits per heavy atom. The van der Waals surface area contributed by atoms with Crippen molar-refractivity contribution in [2.24, 2.45) is 0 Å². The van der Waals surface area contributed by atoms with Crippen molar-refractivity contribution < 1.29 is 0 Å². The SMILES string of the molecule is Cc1c(Cl)cnn1CCCC#N. The Balaban J connectivity index is 2.53. The van der Waals surface area contributed by atoms with Crippen LogP contribution in [0.4, 0.5) is 0 Å². The van der Waals surface area contributed by atoms with Gasteiger partial charge in [-0.2, -0.15) is 10.4 Å². The second kappa shape index (κ2) is 4.13. The van der Waals surface area contributed by atoms with Crippen LogP contribution in [0, 0.1) is 18.3 Å². The minimum Gasteiger partial charge on any atom is -0.268 e. The van der Waals surface area contributed by atoms with E-state index in [0.717, 1.165) is 18.7 Å². The zero-order valence-electron chi connectivity index (χ0n) is 6.92. The zero-order chi connectivity index (χ0) is 8.97. The van der Waals surface area contributed by atoms with Gasteiger partial charge in [0.2, 0.25) is 0 Å². The van der Waals surface area contributed by atoms with Gasteiger partial charge in [0, 0.05) is 13.0 Å². The normalized spacial score (nSPS) is 9.75. The molecule has 0 aliphatic heterocycles. The van der Waals surface area contributed by atoms with E-state index in [2.05, 4.69) is 11.2 Å². The van der Waals surface area contributed by atoms with Crippen LogP contribution in [0.1, 0.15) is 18.5 Å². The second-order valence-corrected chi connectivity index (χ2v) is 2.97. The number of hydrogen-bond donors (Lipinski definition) is 0. The molecule has 3 nitrogen and oxygen atoms in total. The lowest BCUT2D eigenvalue weighted by atomic mass is 10.3. The fraction of sp³-hybridized carbons (Fsp3) is 0.500. The standard InChI is InChI=1S/C8H10ClN3/c1-7-8(9)6-11-12(7)5-3-2-4-10/h6H,2-3,5H2,1H3. The summed E-state index contributed by atoms with van der Waals surface area (Å²) in [6, 6.07) is 2.09. The molecular formula is C8H10ClN3. The number of rotatable bonds is 3. The maximum absolute atomic E-state index is 8.31. The second-order valence-electron chi connectivity index (χ2n) is 2.56. The van der Waals surface area contributed by atoms with E-state index in [1.807, 2.05) is 11.6 Å². The molecule has 0 fully saturated rings. The predicted octanol–water partition coefficient (Wildman–Crippen LogP) is 2.15. The number of nitrogens with zero attached hydrogens (tertiary/aromatic N) is 3. The topological polar surface area (TPSA) is 41.6 Å². The highest BCUT2D eigenvalue weighted by Crippen LogP contribution is 2.13. The van der Waals surface area contributed by atoms with Crippen molar-refractivity contribution in [1.29, 1.82) is 5.26 Å². The van der Waals surface area contributed by atoms with Crippen molar-refractivity contribution in [3.05, 3.63) is 16.9 Å². The summed E-state index contributed by atoms with van der Waals surface area (Å²) in [5.74, 6) is 0. The number of unbranched alkanes of at least 4 members (excludes halogenated alkanes) is 1. The van der Waals surface area contributed by atoms with Crippen LogP contribution < -0.4 is 0 Å². The lowest BCUT2D eigenvalue weighted by Crippen LogP contribution is -2.01. The number of hydrogen-bond acceptors (Lipinski definition) is 2. The van der Waals surface area contributed by atoms with Crippen molar-refractivity contribution in [1.82, 2.24) is 9.78 Å². The molecule has 1 rings (SSSR count). The molecule has 0 atom stereocenters. The molecule has 12 heavy (non-hydrogen) atoms. The third kappa shape index (κ3) is 1.99. The van der Waals surface area contributed by atoms with Crippen LogP contribution in [0.2, 0.25) is 5.02 Å². The number of halogens is 1. The van der Waals surface area contributed by atoms with E-state index in [1.54, 1.807) is 6.20 Å². The minimum atomic E-state index is 0.566. The van der Waals surface area contributed by atoms with Gasteiger partial charge in [0.15, 0.2) is 0 Å². The molecular weight excluding hydrogens is 174 g/mol. The first-order valence-electron chi connectivity index (χ1n) is 3.80. The summed E-state index contributed by atoms with van der Waals surface area (Å²) >= 11 is 5.79. The molecule has 0 spiro atoms. The summed E-state index contributed by atoms with van der Waals surface area (Å²) < 4.78 is 1.82. The molecule has 0 aromatic carbocycles. The summed E-state index contributed by atoms with van der Waals surface area (Å²) in [5, 5.41) is 13.1. The van der Waals surface area contributed by atoms with Gasteiger partial charge in [0.1, 0.15) is 0 Å². The minimum absolute atomic E-state index is 0.566. The molecule has 0 aliphatic rings. The third-order valence-electron chi connectivity index (χ3n) is 1.70. The lowest BCUT2D eigenvalue weighted by molar-refractivity contribution is 0.572. The summed E-state index contributed by atoms with van der Waals surface area (Å²) in [4.78, 5) is 0. The van der Waals surface area contributed by atoms with E-state index in [0.29, 0.717) is 11.4 Å². The first-order valence-corrected chi connectivity index (χ1v) is 4.18. The monoisotopic (exact) mass is 183 g/mol. The summed E-state index contributed by atoms with van der Waals surface area (Å²) in [5.41, 5.74) is 0.967. The third-order valence-corrected chi connectivity index (χ3v) is 2.07. The van der Waals surface area contributed by atoms with Gasteiger partial charge in [0.25, 0.3) is 0 Å². The van der Waals surface area contributed by atoms with Gasteiger partial charge in [-0.25, -0.2) is 0 Å². The highest BCUT2D eigenvalue weighted by atomic mass is 35.5. The maximum Gasteiger partial charge on any atom is 0.0814 e. The average Bonchev–Trinajstić information content (AvgIpc) is 2.36. The fourth-order valence-electron chi connectivity index (χ4n) is 0.957. The van der Waals surface area contributed by atoms with E-state index in [-0.39, 0.29) is 0 Å². The smallest absolute Gasteiger partial charge is 0.0814 e. The Labute approximate surface area is 76.6 Å². The van der Waals surface area contributed by atoms with Crippen molar-refractivity contribution in [2.75, 3.05) is 0 Å². The van der Waals surface area contributed by atoms with Crippen molar-refractivity contribution >= 4 is 11.6 Å². The fourth-order valence-corrected chi connectivity index (χ4v) is 1.10. The Bertz CT molecular complexity index is 298. The van der Waals surface area contributed by atoms with E-state index in [4.69, 9.17) is 16.9 Å². The summed E-state index contributed by atoms with van der Waals surface area (Å²) in [7, 11) is 0. The Hall–Kier alpha value is -1.01. The van der Waals surface area contributed by atoms with Crippen LogP contribution in [0.15, 0.2) is 6.20 Å². The predicted molar refractivity (Wildman–Crippen MR) is 46.8 cm³/mol. The number of aryl methyl sites for hydroxylation is 1. The van der Waals surface area contributed by atoms with Gasteiger partial charge in [0.05, 0.1) is 23.0 Å². The van der Waals surface area contributed by atoms with Crippen LogP contribution in [0.25, 0.3) is 0 Å². The van der Waals surface area contributed by atoms with E-state index < -0.39 is 0 Å². The molecule has 0 unspecified atom stereocenters. The summed E-state index contributed by atoms with van der Waals surface area (Å²) in [6.07, 6.45) is 3.02. The Morgan fingerprint density at radius 1 is 1.75 bits per heavy atom. The van der Waals surface area contributed by atoms with Crippen molar-refractivity contribution in [3.63, 3.8) is 0 Å². The van der Waals surface area contributed by atoms with Crippen LogP contribution >= 0.6 is 11.6 Å². The molecule has 0 saturated carbocycles. The van der Waals surface area contributed by atoms with E-state index >= 15 is 0 Å². The van der Waals surface area contributed by atoms with Crippen LogP contribution in [0.3, 0.4) is 0 Å². The highest BCUT2D eigenvalue weighted by Gasteiger charge is 2.01. The molecule has 64 valence electrons. The van der Waals surface area contributed by atoms with E-state index in [9.17, 15) is 0 Å². The largest absolute Gasteiger partial charge is 0.268 e. The van der Waals surface area contributed by atoms with Gasteiger partial charge >= 0.3 is 0 Å². The van der Waals surface area contributed by atoms with Gasteiger partial charge in [-0.15, -0.1) is 0 Å². The van der Waals surface area contributed by atoms with Gasteiger partial charge < -0.3 is 0 Å². The molecule has 0 N–H and O–H groups in total. The molecule has 1 aromatic rings. The molecule has 1 aromatic heterocycles. The summed E-state index contributed by atoms with van der Waals surface area (Å²) in [6.45, 7) is 2.69. The van der Waals surface area contributed by atoms with Crippen LogP contribution in [0.5, 0.6) is 0 Å². The molecule has 1 heterocycles. The molecule has 0 bridgehead atoms. The highest BCUT2D eigenvalue weighted by molar-refractivity contribution is 6.31. The van der Waals surface area contributed by atoms with E-state index in [1.165, 1.54) is 0 Å². The van der Waals surface area contributed by atoms with Crippen LogP contribution in [-0.2, 0) is 6.54 Å². The first-order chi connectivity index (χ1) is 5.75. The zero-order valence-corrected chi connectivity index (χ0v) is 7.67. The first kappa shape index (κ1) is 9.08. The molecule has 0 aliphatic carbocycles. The van der Waals surface area contributed by atoms with Crippen LogP contribution in [-0.4, -0.2) is 9.78 Å². The molecule has 0 amide bonds. The molecule has 0 radical (unpaired) electrons. The molecule has 4 heteroatoms. The van der Waals surface area contributed by atoms with Crippen molar-refractivity contribution in [3.8, 4) is 6.07 Å². The number of aromatic nitrogens is 2. The maximum atomic E-state index is 8.31. The average molecular weight is 184 g/mol. The Morgan fingerprint density at radius 3 is 3.00 bits per heavy atom. The lowest BCUT2D eigenvalue weighted by Gasteiger charge is -2.00. The van der Waals surface area contributed by atoms with Crippen molar-refractivity contribution in [2.45, 2.75) is 26.3 Å². The molecule has 0 saturated heterocycles. The Kier molecular flexibility index (Phi) is 3.12. The quantitative estimate of drug-likeness (QED) is 0.674. The van der Waals surface area contributed by atoms with Gasteiger partial charge in [-0.3, -0.25) is 4.68 Å². The number of nitriles is 1.